The molecule has 0 atom stereocenters. The van der Waals surface area contributed by atoms with Crippen LogP contribution in [0.5, 0.6) is 0 Å². The third-order valence-electron chi connectivity index (χ3n) is 2.02. The average molecular weight is 257 g/mol. The topological polar surface area (TPSA) is 0 Å². The van der Waals surface area contributed by atoms with Crippen molar-refractivity contribution in [3.05, 3.63) is 57.5 Å². The first-order chi connectivity index (χ1) is 7.18. The molecule has 2 aromatic rings. The zero-order valence-corrected chi connectivity index (χ0v) is 9.87. The molecule has 0 saturated heterocycles. The van der Waals surface area contributed by atoms with Crippen molar-refractivity contribution in [2.75, 3.05) is 0 Å². The van der Waals surface area contributed by atoms with E-state index in [-0.39, 0.29) is 0 Å². The maximum atomic E-state index is 5.94. The molecule has 3 heteroatoms. The number of rotatable bonds is 1. The van der Waals surface area contributed by atoms with Gasteiger partial charge < -0.3 is 0 Å². The maximum absolute atomic E-state index is 5.94. The van der Waals surface area contributed by atoms with E-state index in [1.807, 2.05) is 24.3 Å². The van der Waals surface area contributed by atoms with Crippen molar-refractivity contribution in [3.8, 4) is 11.1 Å². The highest BCUT2D eigenvalue weighted by Gasteiger charge is 2.06. The highest BCUT2D eigenvalue weighted by molar-refractivity contribution is 6.48. The molecule has 0 saturated carbocycles. The van der Waals surface area contributed by atoms with Crippen LogP contribution in [0.4, 0.5) is 0 Å². The molecule has 1 radical (unpaired) electrons. The Labute approximate surface area is 103 Å². The maximum Gasteiger partial charge on any atom is 0.0778 e. The summed E-state index contributed by atoms with van der Waals surface area (Å²) in [5, 5.41) is 1.31. The number of halogens is 3. The van der Waals surface area contributed by atoms with Gasteiger partial charge in [0.15, 0.2) is 0 Å². The Bertz CT molecular complexity index is 454. The van der Waals surface area contributed by atoms with Crippen LogP contribution in [0.1, 0.15) is 0 Å². The molecule has 75 valence electrons. The minimum absolute atomic E-state index is 0.391. The van der Waals surface area contributed by atoms with E-state index in [1.54, 1.807) is 12.1 Å². The molecule has 0 amide bonds. The Morgan fingerprint density at radius 3 is 2.13 bits per heavy atom. The second-order valence-corrected chi connectivity index (χ2v) is 4.24. The lowest BCUT2D eigenvalue weighted by Gasteiger charge is -2.05. The van der Waals surface area contributed by atoms with Gasteiger partial charge in [-0.15, -0.1) is 0 Å². The predicted octanol–water partition coefficient (Wildman–Crippen LogP) is 5.11. The summed E-state index contributed by atoms with van der Waals surface area (Å²) in [6, 6.07) is 14.2. The van der Waals surface area contributed by atoms with E-state index in [9.17, 15) is 0 Å². The van der Waals surface area contributed by atoms with Crippen LogP contribution in [0.2, 0.25) is 15.1 Å². The molecule has 0 fully saturated rings. The number of hydrogen-bond acceptors (Lipinski definition) is 0. The smallest absolute Gasteiger partial charge is 0.0778 e. The van der Waals surface area contributed by atoms with Crippen LogP contribution < -0.4 is 0 Å². The molecule has 0 aliphatic heterocycles. The van der Waals surface area contributed by atoms with Crippen molar-refractivity contribution < 1.29 is 0 Å². The molecular weight excluding hydrogens is 250 g/mol. The summed E-state index contributed by atoms with van der Waals surface area (Å²) in [5.74, 6) is 0. The van der Waals surface area contributed by atoms with Crippen LogP contribution in [-0.2, 0) is 0 Å². The van der Waals surface area contributed by atoms with Crippen LogP contribution in [0.3, 0.4) is 0 Å². The molecule has 0 bridgehead atoms. The Morgan fingerprint density at radius 2 is 1.60 bits per heavy atom. The van der Waals surface area contributed by atoms with E-state index < -0.39 is 0 Å². The molecule has 2 aromatic carbocycles. The van der Waals surface area contributed by atoms with E-state index in [2.05, 4.69) is 6.07 Å². The zero-order valence-electron chi connectivity index (χ0n) is 7.60. The third-order valence-corrected chi connectivity index (χ3v) is 3.22. The van der Waals surface area contributed by atoms with Crippen LogP contribution in [0, 0.1) is 6.07 Å². The molecule has 2 rings (SSSR count). The van der Waals surface area contributed by atoms with E-state index >= 15 is 0 Å². The van der Waals surface area contributed by atoms with Crippen molar-refractivity contribution >= 4 is 34.8 Å². The fourth-order valence-corrected chi connectivity index (χ4v) is 1.89. The summed E-state index contributed by atoms with van der Waals surface area (Å²) in [6.45, 7) is 0. The molecule has 15 heavy (non-hydrogen) atoms. The lowest BCUT2D eigenvalue weighted by atomic mass is 10.1. The summed E-state index contributed by atoms with van der Waals surface area (Å²) in [6.07, 6.45) is 0. The van der Waals surface area contributed by atoms with Crippen LogP contribution in [0.25, 0.3) is 11.1 Å². The van der Waals surface area contributed by atoms with Gasteiger partial charge in [0.1, 0.15) is 0 Å². The van der Waals surface area contributed by atoms with Gasteiger partial charge in [0, 0.05) is 0 Å². The first kappa shape index (κ1) is 10.8. The second-order valence-electron chi connectivity index (χ2n) is 3.05. The summed E-state index contributed by atoms with van der Waals surface area (Å²) in [7, 11) is 0. The monoisotopic (exact) mass is 255 g/mol. The van der Waals surface area contributed by atoms with Crippen LogP contribution in [-0.4, -0.2) is 0 Å². The number of benzene rings is 2. The van der Waals surface area contributed by atoms with Crippen molar-refractivity contribution in [2.45, 2.75) is 0 Å². The standard InChI is InChI=1S/C12H6Cl3/c13-10-6-9(7-11(14)12(10)15)8-4-2-1-3-5-8/h1-2,4-7H. The van der Waals surface area contributed by atoms with Gasteiger partial charge in [-0.3, -0.25) is 0 Å². The lowest BCUT2D eigenvalue weighted by molar-refractivity contribution is 1.61. The molecule has 0 N–H and O–H groups in total. The molecule has 0 nitrogen and oxygen atoms in total. The molecule has 0 aromatic heterocycles. The minimum atomic E-state index is 0.391. The fraction of sp³-hybridized carbons (Fsp3) is 0. The Hall–Kier alpha value is -0.690. The van der Waals surface area contributed by atoms with Gasteiger partial charge in [0.2, 0.25) is 0 Å². The van der Waals surface area contributed by atoms with Gasteiger partial charge in [0.25, 0.3) is 0 Å². The molecule has 0 aliphatic carbocycles. The first-order valence-corrected chi connectivity index (χ1v) is 5.43. The van der Waals surface area contributed by atoms with Crippen LogP contribution in [0.15, 0.2) is 36.4 Å². The third kappa shape index (κ3) is 2.28. The van der Waals surface area contributed by atoms with Gasteiger partial charge in [-0.25, -0.2) is 0 Å². The zero-order chi connectivity index (χ0) is 10.8. The van der Waals surface area contributed by atoms with E-state index in [0.717, 1.165) is 11.1 Å². The summed E-state index contributed by atoms with van der Waals surface area (Å²) >= 11 is 17.8. The minimum Gasteiger partial charge on any atom is -0.0826 e. The molecule has 0 spiro atoms. The Balaban J connectivity index is 2.56. The average Bonchev–Trinajstić information content (AvgIpc) is 2.26. The van der Waals surface area contributed by atoms with E-state index in [0.29, 0.717) is 15.1 Å². The first-order valence-electron chi connectivity index (χ1n) is 4.29. The normalized spacial score (nSPS) is 10.3. The molecule has 0 unspecified atom stereocenters. The van der Waals surface area contributed by atoms with Crippen molar-refractivity contribution in [1.29, 1.82) is 0 Å². The van der Waals surface area contributed by atoms with Crippen LogP contribution >= 0.6 is 34.8 Å². The molecule has 0 aliphatic rings. The van der Waals surface area contributed by atoms with Gasteiger partial charge in [-0.05, 0) is 35.4 Å². The van der Waals surface area contributed by atoms with Crippen molar-refractivity contribution in [3.63, 3.8) is 0 Å². The fourth-order valence-electron chi connectivity index (χ4n) is 1.30. The van der Waals surface area contributed by atoms with Crippen molar-refractivity contribution in [2.24, 2.45) is 0 Å². The summed E-state index contributed by atoms with van der Waals surface area (Å²) in [4.78, 5) is 0. The van der Waals surface area contributed by atoms with E-state index in [4.69, 9.17) is 34.8 Å². The highest BCUT2D eigenvalue weighted by Crippen LogP contribution is 2.34. The van der Waals surface area contributed by atoms with Crippen molar-refractivity contribution in [1.82, 2.24) is 0 Å². The largest absolute Gasteiger partial charge is 0.0826 e. The number of hydrogen-bond donors (Lipinski definition) is 0. The lowest BCUT2D eigenvalue weighted by Crippen LogP contribution is -1.79. The Kier molecular flexibility index (Phi) is 3.20. The van der Waals surface area contributed by atoms with Gasteiger partial charge in [-0.1, -0.05) is 53.0 Å². The molecular formula is C12H6Cl3. The van der Waals surface area contributed by atoms with Gasteiger partial charge in [-0.2, -0.15) is 0 Å². The predicted molar refractivity (Wildman–Crippen MR) is 65.7 cm³/mol. The van der Waals surface area contributed by atoms with Gasteiger partial charge in [0.05, 0.1) is 15.1 Å². The highest BCUT2D eigenvalue weighted by atomic mass is 35.5. The molecule has 0 heterocycles. The SMILES string of the molecule is Clc1cc(-c2c[c]ccc2)cc(Cl)c1Cl. The second kappa shape index (κ2) is 4.44. The summed E-state index contributed by atoms with van der Waals surface area (Å²) in [5.41, 5.74) is 1.95. The quantitative estimate of drug-likeness (QED) is 0.622. The van der Waals surface area contributed by atoms with E-state index in [1.165, 1.54) is 0 Å². The Morgan fingerprint density at radius 1 is 0.933 bits per heavy atom. The summed E-state index contributed by atoms with van der Waals surface area (Å²) < 4.78 is 0. The van der Waals surface area contributed by atoms with Gasteiger partial charge >= 0.3 is 0 Å².